The molecule has 0 atom stereocenters. The number of para-hydroxylation sites is 10. The summed E-state index contributed by atoms with van der Waals surface area (Å²) in [6, 6.07) is 171. The summed E-state index contributed by atoms with van der Waals surface area (Å²) in [6.07, 6.45) is 0. The zero-order valence-electron chi connectivity index (χ0n) is 78.5. The van der Waals surface area contributed by atoms with Crippen molar-refractivity contribution in [1.82, 2.24) is 41.1 Å². The normalized spacial score (nSPS) is 11.6. The topological polar surface area (TPSA) is 187 Å². The first kappa shape index (κ1) is 83.9. The van der Waals surface area contributed by atoms with Crippen molar-refractivity contribution in [2.75, 3.05) is 0 Å². The van der Waals surface area contributed by atoms with Gasteiger partial charge in [-0.05, 0) is 218 Å². The van der Waals surface area contributed by atoms with Gasteiger partial charge < -0.3 is 41.1 Å². The molecule has 0 bridgehead atoms. The Morgan fingerprint density at radius 2 is 0.381 bits per heavy atom. The number of fused-ring (bicyclic) bond motifs is 33. The summed E-state index contributed by atoms with van der Waals surface area (Å²) >= 11 is 0. The number of nitrogens with zero attached hydrogens (tertiary/aromatic N) is 15. The molecule has 30 rings (SSSR count). The van der Waals surface area contributed by atoms with Gasteiger partial charge in [0.25, 0.3) is 0 Å². The molecule has 0 saturated heterocycles. The van der Waals surface area contributed by atoms with Crippen LogP contribution < -0.4 is 0 Å². The molecule has 0 aliphatic carbocycles. The Morgan fingerprint density at radius 3 is 0.755 bits per heavy atom. The molecule has 0 aliphatic heterocycles. The summed E-state index contributed by atoms with van der Waals surface area (Å²) in [7, 11) is 0. The van der Waals surface area contributed by atoms with Gasteiger partial charge in [-0.25, -0.2) is 0 Å². The van der Waals surface area contributed by atoms with E-state index in [4.69, 9.17) is 0 Å². The molecule has 21 aromatic carbocycles. The predicted molar refractivity (Wildman–Crippen MR) is 597 cm³/mol. The van der Waals surface area contributed by atoms with Crippen LogP contribution in [-0.2, 0) is 0 Å². The number of hydrogen-bond donors (Lipinski definition) is 0. The first-order valence-corrected chi connectivity index (χ1v) is 48.7. The zero-order valence-corrected chi connectivity index (χ0v) is 78.5. The average molecular weight is 1870 g/mol. The van der Waals surface area contributed by atoms with Crippen molar-refractivity contribution in [2.45, 2.75) is 0 Å². The van der Waals surface area contributed by atoms with E-state index in [2.05, 4.69) is 405 Å². The molecule has 9 aromatic heterocycles. The molecule has 0 spiro atoms. The van der Waals surface area contributed by atoms with Crippen molar-refractivity contribution in [3.8, 4) is 87.6 Å². The first-order valence-electron chi connectivity index (χ1n) is 48.7. The Morgan fingerprint density at radius 1 is 0.129 bits per heavy atom. The van der Waals surface area contributed by atoms with Crippen molar-refractivity contribution < 1.29 is 0 Å². The number of benzene rings is 21. The highest BCUT2D eigenvalue weighted by molar-refractivity contribution is 6.36. The first-order chi connectivity index (χ1) is 72.8. The molecule has 0 aliphatic rings. The number of aromatic nitrogens is 9. The molecule has 147 heavy (non-hydrogen) atoms. The summed E-state index contributed by atoms with van der Waals surface area (Å²) in [5.41, 5.74) is 31.8. The van der Waals surface area contributed by atoms with E-state index in [1.54, 1.807) is 6.07 Å². The predicted octanol–water partition coefficient (Wildman–Crippen LogP) is 32.2. The lowest BCUT2D eigenvalue weighted by atomic mass is 10.0. The minimum atomic E-state index is 0.449. The summed E-state index contributed by atoms with van der Waals surface area (Å²) in [5.74, 6) is 0. The van der Waals surface area contributed by atoms with Crippen LogP contribution in [0.5, 0.6) is 0 Å². The molecule has 0 fully saturated rings. The van der Waals surface area contributed by atoms with E-state index >= 15 is 0 Å². The quantitative estimate of drug-likeness (QED) is 0.138. The molecule has 0 amide bonds. The van der Waals surface area contributed by atoms with Crippen molar-refractivity contribution in [3.05, 3.63) is 488 Å². The SMILES string of the molecule is N#Cc1ccc(-n2c3c(ccc4c3c3ccccc3n4-c3ccccc3)c3ccc4c(c5c(C#N)cccc5n4-c4ccccc4)c32)cc1.N#Cc1ccc(-n2c3c(ccc4c3c3ccccc3n4-c3ccccc3)c3ccc4c(c5ccccc5n4-c4ccccc4)c32)c(C#N)c1.N#Cc1cccc(-n2c3ccccc3c3c2ccc2c4ccc5c(c6ccc(C#N)cc6n5-c5ccccc5)c4n(-c4ccccc4)c23)c1. The Kier molecular flexibility index (Phi) is 19.0. The largest absolute Gasteiger partial charge is 0.309 e. The molecule has 0 unspecified atom stereocenters. The molecule has 0 saturated carbocycles. The van der Waals surface area contributed by atoms with Crippen LogP contribution in [0.3, 0.4) is 0 Å². The second-order valence-electron chi connectivity index (χ2n) is 37.2. The highest BCUT2D eigenvalue weighted by atomic mass is 15.1. The highest BCUT2D eigenvalue weighted by Crippen LogP contribution is 2.53. The Labute approximate surface area is 839 Å². The van der Waals surface area contributed by atoms with Gasteiger partial charge in [-0.1, -0.05) is 237 Å². The lowest BCUT2D eigenvalue weighted by molar-refractivity contribution is 1.17. The van der Waals surface area contributed by atoms with Crippen LogP contribution in [-0.4, -0.2) is 41.1 Å². The molecule has 0 N–H and O–H groups in total. The Bertz CT molecular complexity index is 11000. The van der Waals surface area contributed by atoms with Crippen molar-refractivity contribution in [1.29, 1.82) is 31.6 Å². The van der Waals surface area contributed by atoms with E-state index in [1.807, 2.05) is 121 Å². The van der Waals surface area contributed by atoms with Crippen molar-refractivity contribution in [3.63, 3.8) is 0 Å². The van der Waals surface area contributed by atoms with Gasteiger partial charge in [-0.15, -0.1) is 0 Å². The van der Waals surface area contributed by atoms with E-state index in [9.17, 15) is 31.6 Å². The molecular weight excluding hydrogens is 1800 g/mol. The van der Waals surface area contributed by atoms with E-state index in [0.29, 0.717) is 33.4 Å². The van der Waals surface area contributed by atoms with E-state index in [-0.39, 0.29) is 0 Å². The van der Waals surface area contributed by atoms with Gasteiger partial charge in [-0.2, -0.15) is 31.6 Å². The lowest BCUT2D eigenvalue weighted by Crippen LogP contribution is -1.99. The molecule has 678 valence electrons. The summed E-state index contributed by atoms with van der Waals surface area (Å²) < 4.78 is 20.9. The van der Waals surface area contributed by atoms with Crippen molar-refractivity contribution in [2.24, 2.45) is 0 Å². The fourth-order valence-electron chi connectivity index (χ4n) is 23.8. The second-order valence-corrected chi connectivity index (χ2v) is 37.2. The number of rotatable bonds is 9. The van der Waals surface area contributed by atoms with Gasteiger partial charge in [0.05, 0.1) is 169 Å². The highest BCUT2D eigenvalue weighted by Gasteiger charge is 2.32. The summed E-state index contributed by atoms with van der Waals surface area (Å²) in [6.45, 7) is 0. The lowest BCUT2D eigenvalue weighted by Gasteiger charge is -2.13. The standard InChI is InChI=1S/3C44H25N5/c45-26-28-19-22-36(29(25-28)27-46)49-43-32(20-23-39-41(43)34-15-7-9-17-37(34)47(39)30-11-3-1-4-12-30)33-21-24-40-42(44(33)49)35-16-8-10-18-38(35)48(40)31-13-5-2-6-14-31;45-26-28-10-9-15-32(24-28)48-37-17-8-7-16-35(37)41-39(48)23-21-33-34-20-22-38-42(44(34)49(43(33)41)31-13-5-2-6-14-31)36-19-18-29(27-46)25-40(36)47(38)30-11-3-1-4-12-30;45-26-28-18-20-32(21-19-28)49-43-33(22-24-38-41(43)35-15-7-8-16-36(35)47(38)30-11-3-1-4-12-30)34-23-25-39-42(44(34)49)40-29(27-46)10-9-17-37(40)48(39)31-13-5-2-6-14-31/h3*1-25H. The van der Waals surface area contributed by atoms with E-state index in [0.717, 1.165) is 247 Å². The molecule has 15 heteroatoms. The zero-order chi connectivity index (χ0) is 97.9. The van der Waals surface area contributed by atoms with Crippen LogP contribution >= 0.6 is 0 Å². The van der Waals surface area contributed by atoms with Crippen LogP contribution in [0.15, 0.2) is 455 Å². The van der Waals surface area contributed by atoms with Crippen LogP contribution in [0.1, 0.15) is 33.4 Å². The van der Waals surface area contributed by atoms with Crippen LogP contribution in [0, 0.1) is 68.0 Å². The van der Waals surface area contributed by atoms with Gasteiger partial charge in [0.15, 0.2) is 0 Å². The van der Waals surface area contributed by atoms with Crippen LogP contribution in [0.2, 0.25) is 0 Å². The smallest absolute Gasteiger partial charge is 0.101 e. The minimum Gasteiger partial charge on any atom is -0.309 e. The maximum atomic E-state index is 10.6. The molecule has 9 heterocycles. The van der Waals surface area contributed by atoms with Gasteiger partial charge >= 0.3 is 0 Å². The third-order valence-electron chi connectivity index (χ3n) is 29.6. The van der Waals surface area contributed by atoms with E-state index < -0.39 is 0 Å². The maximum Gasteiger partial charge on any atom is 0.101 e. The summed E-state index contributed by atoms with van der Waals surface area (Å²) in [5, 5.41) is 80.3. The minimum absolute atomic E-state index is 0.449. The Balaban J connectivity index is 0.000000107. The summed E-state index contributed by atoms with van der Waals surface area (Å²) in [4.78, 5) is 0. The second kappa shape index (κ2) is 33.2. The average Bonchev–Trinajstić information content (AvgIpc) is 1.53. The monoisotopic (exact) mass is 1870 g/mol. The molecular formula is C132H75N15. The third kappa shape index (κ3) is 12.4. The van der Waals surface area contributed by atoms with Gasteiger partial charge in [0.1, 0.15) is 6.07 Å². The fourth-order valence-corrected chi connectivity index (χ4v) is 23.8. The van der Waals surface area contributed by atoms with Crippen LogP contribution in [0.25, 0.3) is 247 Å². The molecule has 0 radical (unpaired) electrons. The molecule has 15 nitrogen and oxygen atoms in total. The maximum absolute atomic E-state index is 10.6. The van der Waals surface area contributed by atoms with Gasteiger partial charge in [-0.3, -0.25) is 0 Å². The van der Waals surface area contributed by atoms with Gasteiger partial charge in [0.2, 0.25) is 0 Å². The van der Waals surface area contributed by atoms with E-state index in [1.165, 1.54) is 0 Å². The van der Waals surface area contributed by atoms with Crippen LogP contribution in [0.4, 0.5) is 0 Å². The fraction of sp³-hybridized carbons (Fsp3) is 0. The number of nitriles is 6. The van der Waals surface area contributed by atoms with Crippen molar-refractivity contribution >= 4 is 196 Å². The molecule has 30 aromatic rings. The number of hydrogen-bond acceptors (Lipinski definition) is 6. The Hall–Kier alpha value is -21.2. The third-order valence-corrected chi connectivity index (χ3v) is 29.6. The van der Waals surface area contributed by atoms with Gasteiger partial charge in [0, 0.05) is 142 Å².